The van der Waals surface area contributed by atoms with E-state index in [1.165, 1.54) is 5.56 Å². The average Bonchev–Trinajstić information content (AvgIpc) is 3.26. The van der Waals surface area contributed by atoms with Gasteiger partial charge in [-0.3, -0.25) is 14.6 Å². The number of fused-ring (bicyclic) bond motifs is 1. The Morgan fingerprint density at radius 1 is 1.33 bits per heavy atom. The highest BCUT2D eigenvalue weighted by atomic mass is 16.5. The van der Waals surface area contributed by atoms with Crippen molar-refractivity contribution in [3.8, 4) is 0 Å². The molecule has 142 valence electrons. The predicted octanol–water partition coefficient (Wildman–Crippen LogP) is 1.96. The molecule has 2 aliphatic rings. The van der Waals surface area contributed by atoms with Crippen LogP contribution < -0.4 is 0 Å². The van der Waals surface area contributed by atoms with Crippen molar-refractivity contribution >= 4 is 11.8 Å². The van der Waals surface area contributed by atoms with Crippen molar-refractivity contribution in [1.29, 1.82) is 0 Å². The van der Waals surface area contributed by atoms with Gasteiger partial charge in [0.15, 0.2) is 0 Å². The van der Waals surface area contributed by atoms with Crippen LogP contribution in [-0.2, 0) is 35.5 Å². The summed E-state index contributed by atoms with van der Waals surface area (Å²) >= 11 is 0. The van der Waals surface area contributed by atoms with Gasteiger partial charge in [0.1, 0.15) is 11.5 Å². The molecular formula is C20H24N4O3. The molecule has 0 radical (unpaired) electrons. The van der Waals surface area contributed by atoms with E-state index in [1.54, 1.807) is 23.0 Å². The molecule has 27 heavy (non-hydrogen) atoms. The fourth-order valence-corrected chi connectivity index (χ4v) is 3.97. The molecule has 0 unspecified atom stereocenters. The van der Waals surface area contributed by atoms with Crippen molar-refractivity contribution in [2.75, 3.05) is 13.6 Å². The summed E-state index contributed by atoms with van der Waals surface area (Å²) in [5, 5.41) is 4.18. The summed E-state index contributed by atoms with van der Waals surface area (Å²) in [4.78, 5) is 32.8. The Balaban J connectivity index is 1.38. The van der Waals surface area contributed by atoms with Crippen LogP contribution in [0.4, 0.5) is 0 Å². The van der Waals surface area contributed by atoms with E-state index >= 15 is 0 Å². The van der Waals surface area contributed by atoms with Gasteiger partial charge >= 0.3 is 0 Å². The molecule has 1 aliphatic carbocycles. The number of pyridine rings is 1. The quantitative estimate of drug-likeness (QED) is 0.806. The lowest BCUT2D eigenvalue weighted by Gasteiger charge is -2.21. The molecule has 0 saturated carbocycles. The number of carbonyl (C=O) groups excluding carboxylic acids is 2. The van der Waals surface area contributed by atoms with Crippen LogP contribution in [0, 0.1) is 5.92 Å². The number of hydrogen-bond donors (Lipinski definition) is 0. The molecule has 0 spiro atoms. The maximum atomic E-state index is 12.9. The molecule has 0 bridgehead atoms. The Hall–Kier alpha value is -2.70. The molecule has 0 aromatic carbocycles. The standard InChI is InChI=1S/C20H24N4O3/c1-23(13-17-16-7-2-3-8-18(16)27-22-17)20(26)14-10-19(25)24(11-14)12-15-6-4-5-9-21-15/h4-6,9,14H,2-3,7-8,10-13H2,1H3/t14-/m1/s1. The van der Waals surface area contributed by atoms with Gasteiger partial charge in [-0.25, -0.2) is 0 Å². The van der Waals surface area contributed by atoms with E-state index in [4.69, 9.17) is 4.52 Å². The molecular weight excluding hydrogens is 344 g/mol. The Labute approximate surface area is 158 Å². The maximum absolute atomic E-state index is 12.9. The lowest BCUT2D eigenvalue weighted by molar-refractivity contribution is -0.135. The van der Waals surface area contributed by atoms with Gasteiger partial charge in [0, 0.05) is 38.2 Å². The minimum Gasteiger partial charge on any atom is -0.361 e. The second-order valence-corrected chi connectivity index (χ2v) is 7.43. The van der Waals surface area contributed by atoms with Gasteiger partial charge in [-0.2, -0.15) is 0 Å². The zero-order valence-corrected chi connectivity index (χ0v) is 15.6. The van der Waals surface area contributed by atoms with Crippen molar-refractivity contribution in [3.63, 3.8) is 0 Å². The number of nitrogens with zero attached hydrogens (tertiary/aromatic N) is 4. The number of carbonyl (C=O) groups is 2. The maximum Gasteiger partial charge on any atom is 0.228 e. The van der Waals surface area contributed by atoms with Gasteiger partial charge in [-0.05, 0) is 31.4 Å². The lowest BCUT2D eigenvalue weighted by Crippen LogP contribution is -2.34. The molecule has 1 atom stereocenters. The van der Waals surface area contributed by atoms with Crippen LogP contribution in [0.1, 0.15) is 42.0 Å². The first-order chi connectivity index (χ1) is 13.1. The second kappa shape index (κ2) is 7.50. The average molecular weight is 368 g/mol. The van der Waals surface area contributed by atoms with E-state index < -0.39 is 0 Å². The fourth-order valence-electron chi connectivity index (χ4n) is 3.97. The van der Waals surface area contributed by atoms with Crippen LogP contribution in [0.3, 0.4) is 0 Å². The number of amides is 2. The number of hydrogen-bond acceptors (Lipinski definition) is 5. The molecule has 1 aliphatic heterocycles. The smallest absolute Gasteiger partial charge is 0.228 e. The SMILES string of the molecule is CN(Cc1noc2c1CCCC2)C(=O)[C@@H]1CC(=O)N(Cc2ccccn2)C1. The van der Waals surface area contributed by atoms with E-state index in [2.05, 4.69) is 10.1 Å². The zero-order chi connectivity index (χ0) is 18.8. The van der Waals surface area contributed by atoms with Crippen molar-refractivity contribution in [2.24, 2.45) is 5.92 Å². The Morgan fingerprint density at radius 3 is 3.00 bits per heavy atom. The molecule has 2 aromatic heterocycles. The van der Waals surface area contributed by atoms with Crippen molar-refractivity contribution < 1.29 is 14.1 Å². The van der Waals surface area contributed by atoms with E-state index in [0.29, 0.717) is 19.6 Å². The summed E-state index contributed by atoms with van der Waals surface area (Å²) in [6, 6.07) is 5.64. The predicted molar refractivity (Wildman–Crippen MR) is 97.4 cm³/mol. The summed E-state index contributed by atoms with van der Waals surface area (Å²) in [5.41, 5.74) is 2.86. The van der Waals surface area contributed by atoms with Crippen LogP contribution >= 0.6 is 0 Å². The topological polar surface area (TPSA) is 79.5 Å². The summed E-state index contributed by atoms with van der Waals surface area (Å²) in [6.07, 6.45) is 6.14. The first-order valence-corrected chi connectivity index (χ1v) is 9.51. The second-order valence-electron chi connectivity index (χ2n) is 7.43. The van der Waals surface area contributed by atoms with Gasteiger partial charge < -0.3 is 14.3 Å². The van der Waals surface area contributed by atoms with E-state index in [-0.39, 0.29) is 24.2 Å². The third kappa shape index (κ3) is 3.72. The number of likely N-dealkylation sites (tertiary alicyclic amines) is 1. The molecule has 1 saturated heterocycles. The molecule has 3 heterocycles. The van der Waals surface area contributed by atoms with Crippen molar-refractivity contribution in [2.45, 2.75) is 45.2 Å². The Bertz CT molecular complexity index is 833. The van der Waals surface area contributed by atoms with Gasteiger partial charge in [0.25, 0.3) is 0 Å². The summed E-state index contributed by atoms with van der Waals surface area (Å²) < 4.78 is 5.44. The minimum atomic E-state index is -0.311. The van der Waals surface area contributed by atoms with E-state index in [1.807, 2.05) is 18.2 Å². The molecule has 7 nitrogen and oxygen atoms in total. The molecule has 4 rings (SSSR count). The highest BCUT2D eigenvalue weighted by Gasteiger charge is 2.36. The first-order valence-electron chi connectivity index (χ1n) is 9.51. The largest absolute Gasteiger partial charge is 0.361 e. The fraction of sp³-hybridized carbons (Fsp3) is 0.500. The molecule has 1 fully saturated rings. The van der Waals surface area contributed by atoms with E-state index in [0.717, 1.165) is 42.8 Å². The van der Waals surface area contributed by atoms with Crippen LogP contribution in [0.2, 0.25) is 0 Å². The van der Waals surface area contributed by atoms with Crippen LogP contribution in [-0.4, -0.2) is 45.3 Å². The van der Waals surface area contributed by atoms with Gasteiger partial charge in [-0.1, -0.05) is 11.2 Å². The molecule has 7 heteroatoms. The van der Waals surface area contributed by atoms with Crippen molar-refractivity contribution in [1.82, 2.24) is 19.9 Å². The third-order valence-corrected chi connectivity index (χ3v) is 5.44. The van der Waals surface area contributed by atoms with Gasteiger partial charge in [0.05, 0.1) is 24.7 Å². The number of aromatic nitrogens is 2. The summed E-state index contributed by atoms with van der Waals surface area (Å²) in [5.74, 6) is 0.647. The number of rotatable bonds is 5. The Kier molecular flexibility index (Phi) is 4.92. The molecule has 0 N–H and O–H groups in total. The van der Waals surface area contributed by atoms with Crippen LogP contribution in [0.5, 0.6) is 0 Å². The molecule has 2 amide bonds. The summed E-state index contributed by atoms with van der Waals surface area (Å²) in [7, 11) is 1.78. The highest BCUT2D eigenvalue weighted by molar-refractivity contribution is 5.89. The van der Waals surface area contributed by atoms with Gasteiger partial charge in [0.2, 0.25) is 11.8 Å². The first kappa shape index (κ1) is 17.7. The van der Waals surface area contributed by atoms with Crippen LogP contribution in [0.25, 0.3) is 0 Å². The normalized spacial score (nSPS) is 19.2. The molecule has 2 aromatic rings. The van der Waals surface area contributed by atoms with Crippen LogP contribution in [0.15, 0.2) is 28.9 Å². The summed E-state index contributed by atoms with van der Waals surface area (Å²) in [6.45, 7) is 1.32. The number of aryl methyl sites for hydroxylation is 1. The third-order valence-electron chi connectivity index (χ3n) is 5.44. The monoisotopic (exact) mass is 368 g/mol. The Morgan fingerprint density at radius 2 is 2.19 bits per heavy atom. The van der Waals surface area contributed by atoms with Crippen molar-refractivity contribution in [3.05, 3.63) is 47.1 Å². The zero-order valence-electron chi connectivity index (χ0n) is 15.6. The van der Waals surface area contributed by atoms with E-state index in [9.17, 15) is 9.59 Å². The highest BCUT2D eigenvalue weighted by Crippen LogP contribution is 2.26. The minimum absolute atomic E-state index is 0.00576. The van der Waals surface area contributed by atoms with Gasteiger partial charge in [-0.15, -0.1) is 0 Å². The lowest BCUT2D eigenvalue weighted by atomic mass is 9.96.